The molecule has 27 heavy (non-hydrogen) atoms. The van der Waals surface area contributed by atoms with Crippen molar-refractivity contribution in [3.05, 3.63) is 0 Å². The number of amides is 2. The molecule has 0 aromatic heterocycles. The third kappa shape index (κ3) is 3.77. The fourth-order valence-corrected chi connectivity index (χ4v) is 5.69. The van der Waals surface area contributed by atoms with E-state index >= 15 is 0 Å². The molecule has 4 fully saturated rings. The van der Waals surface area contributed by atoms with E-state index in [4.69, 9.17) is 10.00 Å². The number of carbonyl (C=O) groups is 2. The van der Waals surface area contributed by atoms with Gasteiger partial charge in [-0.15, -0.1) is 0 Å². The minimum atomic E-state index is -3.34. The molecule has 0 radical (unpaired) electrons. The van der Waals surface area contributed by atoms with Crippen molar-refractivity contribution in [2.45, 2.75) is 68.9 Å². The first-order valence-electron chi connectivity index (χ1n) is 9.59. The summed E-state index contributed by atoms with van der Waals surface area (Å²) in [7, 11) is -3.34. The number of nitrogens with one attached hydrogen (secondary N) is 1. The zero-order chi connectivity index (χ0) is 19.4. The molecular formula is C18H25N3O5S. The van der Waals surface area contributed by atoms with Gasteiger partial charge in [-0.3, -0.25) is 4.79 Å². The average molecular weight is 395 g/mol. The molecule has 1 heterocycles. The number of ether oxygens (including phenoxy) is 1. The van der Waals surface area contributed by atoms with E-state index in [2.05, 4.69) is 5.32 Å². The molecule has 0 spiro atoms. The van der Waals surface area contributed by atoms with Gasteiger partial charge in [0.25, 0.3) is 0 Å². The van der Waals surface area contributed by atoms with Gasteiger partial charge in [-0.25, -0.2) is 13.2 Å². The number of carbonyl (C=O) groups excluding carboxylic acids is 2. The smallest absolute Gasteiger partial charge is 0.410 e. The summed E-state index contributed by atoms with van der Waals surface area (Å²) in [6.07, 6.45) is 2.98. The normalized spacial score (nSPS) is 30.3. The molecule has 0 aromatic carbocycles. The van der Waals surface area contributed by atoms with Gasteiger partial charge in [0.1, 0.15) is 5.54 Å². The minimum Gasteiger partial charge on any atom is -0.425 e. The Morgan fingerprint density at radius 1 is 1.26 bits per heavy atom. The highest BCUT2D eigenvalue weighted by molar-refractivity contribution is 7.92. The van der Waals surface area contributed by atoms with Crippen LogP contribution in [0.25, 0.3) is 0 Å². The number of hydrogen-bond donors (Lipinski definition) is 1. The Bertz CT molecular complexity index is 805. The second-order valence-electron chi connectivity index (χ2n) is 8.83. The van der Waals surface area contributed by atoms with Crippen molar-refractivity contribution in [2.24, 2.45) is 11.3 Å². The van der Waals surface area contributed by atoms with Crippen LogP contribution < -0.4 is 5.32 Å². The van der Waals surface area contributed by atoms with Crippen molar-refractivity contribution in [2.75, 3.05) is 12.3 Å². The van der Waals surface area contributed by atoms with Gasteiger partial charge < -0.3 is 15.0 Å². The molecule has 3 saturated carbocycles. The van der Waals surface area contributed by atoms with Gasteiger partial charge in [0.2, 0.25) is 5.91 Å². The third-order valence-electron chi connectivity index (χ3n) is 6.21. The van der Waals surface area contributed by atoms with Crippen LogP contribution in [0.2, 0.25) is 0 Å². The minimum absolute atomic E-state index is 0.0742. The van der Waals surface area contributed by atoms with Crippen molar-refractivity contribution in [1.29, 1.82) is 5.26 Å². The quantitative estimate of drug-likeness (QED) is 0.725. The van der Waals surface area contributed by atoms with Crippen LogP contribution in [0.4, 0.5) is 4.79 Å². The average Bonchev–Trinajstić information content (AvgIpc) is 3.52. The predicted octanol–water partition coefficient (Wildman–Crippen LogP) is 1.32. The van der Waals surface area contributed by atoms with Crippen molar-refractivity contribution in [3.63, 3.8) is 0 Å². The summed E-state index contributed by atoms with van der Waals surface area (Å²) >= 11 is 0. The number of hydrogen-bond acceptors (Lipinski definition) is 6. The first kappa shape index (κ1) is 18.5. The highest BCUT2D eigenvalue weighted by atomic mass is 32.2. The molecule has 2 amide bonds. The van der Waals surface area contributed by atoms with E-state index in [1.807, 2.05) is 13.0 Å². The molecule has 9 heteroatoms. The summed E-state index contributed by atoms with van der Waals surface area (Å²) in [5, 5.41) is 10.9. The molecule has 0 unspecified atom stereocenters. The lowest BCUT2D eigenvalue weighted by molar-refractivity contribution is -0.143. The number of rotatable bonds is 6. The molecule has 148 valence electrons. The lowest BCUT2D eigenvalue weighted by Gasteiger charge is -2.27. The maximum Gasteiger partial charge on any atom is 0.410 e. The second kappa shape index (κ2) is 6.09. The highest BCUT2D eigenvalue weighted by Crippen LogP contribution is 2.48. The zero-order valence-electron chi connectivity index (χ0n) is 15.4. The van der Waals surface area contributed by atoms with E-state index in [9.17, 15) is 18.0 Å². The Morgan fingerprint density at radius 2 is 1.93 bits per heavy atom. The summed E-state index contributed by atoms with van der Waals surface area (Å²) in [6.45, 7) is 1.93. The zero-order valence-corrected chi connectivity index (χ0v) is 16.3. The predicted molar refractivity (Wildman–Crippen MR) is 95.0 cm³/mol. The van der Waals surface area contributed by atoms with E-state index in [0.717, 1.165) is 25.7 Å². The largest absolute Gasteiger partial charge is 0.425 e. The molecule has 1 N–H and O–H groups in total. The maximum atomic E-state index is 12.8. The topological polar surface area (TPSA) is 117 Å². The third-order valence-corrected chi connectivity index (χ3v) is 8.50. The van der Waals surface area contributed by atoms with Gasteiger partial charge in [-0.05, 0) is 44.4 Å². The van der Waals surface area contributed by atoms with Crippen LogP contribution in [0, 0.1) is 22.7 Å². The standard InChI is InChI=1S/C18H25N3O5S/c1-17(4-5-17)15(22)21-9-13(27(24,25)10-12-2-3-12)8-14(21)26-16(23)20-18(11-19)6-7-18/h12-14H,2-10H2,1H3,(H,20,23)/t13-,14+/m1/s1. The van der Waals surface area contributed by atoms with Gasteiger partial charge in [0.15, 0.2) is 16.1 Å². The SMILES string of the molecule is CC1(C(=O)N2C[C@H](S(=O)(=O)CC3CC3)C[C@@H]2OC(=O)NC2(C#N)CC2)CC1. The molecule has 2 atom stereocenters. The van der Waals surface area contributed by atoms with Crippen molar-refractivity contribution in [3.8, 4) is 6.07 Å². The summed E-state index contributed by atoms with van der Waals surface area (Å²) in [4.78, 5) is 26.5. The van der Waals surface area contributed by atoms with E-state index < -0.39 is 38.4 Å². The van der Waals surface area contributed by atoms with Crippen molar-refractivity contribution < 1.29 is 22.7 Å². The van der Waals surface area contributed by atoms with Crippen molar-refractivity contribution in [1.82, 2.24) is 10.2 Å². The lowest BCUT2D eigenvalue weighted by Crippen LogP contribution is -2.45. The van der Waals surface area contributed by atoms with E-state index in [-0.39, 0.29) is 30.5 Å². The number of alkyl carbamates (subject to hydrolysis) is 1. The van der Waals surface area contributed by atoms with Crippen LogP contribution in [-0.4, -0.2) is 54.6 Å². The summed E-state index contributed by atoms with van der Waals surface area (Å²) in [6, 6.07) is 2.05. The molecule has 0 bridgehead atoms. The Hall–Kier alpha value is -1.82. The molecule has 8 nitrogen and oxygen atoms in total. The second-order valence-corrected chi connectivity index (χ2v) is 11.2. The van der Waals surface area contributed by atoms with Crippen LogP contribution in [-0.2, 0) is 19.4 Å². The Morgan fingerprint density at radius 3 is 2.44 bits per heavy atom. The number of sulfone groups is 1. The molecule has 1 saturated heterocycles. The van der Waals surface area contributed by atoms with E-state index in [1.54, 1.807) is 0 Å². The molecule has 1 aliphatic heterocycles. The first-order valence-corrected chi connectivity index (χ1v) is 11.3. The molecular weight excluding hydrogens is 370 g/mol. The fourth-order valence-electron chi connectivity index (χ4n) is 3.58. The Labute approximate surface area is 159 Å². The molecule has 0 aromatic rings. The maximum absolute atomic E-state index is 12.8. The van der Waals surface area contributed by atoms with Crippen LogP contribution in [0.3, 0.4) is 0 Å². The van der Waals surface area contributed by atoms with Crippen LogP contribution >= 0.6 is 0 Å². The number of nitrogens with zero attached hydrogens (tertiary/aromatic N) is 2. The Balaban J connectivity index is 1.47. The Kier molecular flexibility index (Phi) is 4.18. The molecule has 3 aliphatic carbocycles. The van der Waals surface area contributed by atoms with E-state index in [1.165, 1.54) is 4.90 Å². The van der Waals surface area contributed by atoms with Crippen molar-refractivity contribution >= 4 is 21.8 Å². The summed E-state index contributed by atoms with van der Waals surface area (Å²) in [5.74, 6) is 0.229. The van der Waals surface area contributed by atoms with Crippen LogP contribution in [0.1, 0.15) is 51.9 Å². The molecule has 4 rings (SSSR count). The van der Waals surface area contributed by atoms with Gasteiger partial charge >= 0.3 is 6.09 Å². The number of nitriles is 1. The first-order chi connectivity index (χ1) is 12.7. The van der Waals surface area contributed by atoms with Crippen LogP contribution in [0.5, 0.6) is 0 Å². The number of likely N-dealkylation sites (tertiary alicyclic amines) is 1. The van der Waals surface area contributed by atoms with Gasteiger partial charge in [-0.1, -0.05) is 6.92 Å². The van der Waals surface area contributed by atoms with Gasteiger partial charge in [-0.2, -0.15) is 5.26 Å². The fraction of sp³-hybridized carbons (Fsp3) is 0.833. The van der Waals surface area contributed by atoms with E-state index in [0.29, 0.717) is 12.8 Å². The van der Waals surface area contributed by atoms with Gasteiger partial charge in [0.05, 0.1) is 17.1 Å². The van der Waals surface area contributed by atoms with Crippen LogP contribution in [0.15, 0.2) is 0 Å². The monoisotopic (exact) mass is 395 g/mol. The highest BCUT2D eigenvalue weighted by Gasteiger charge is 2.53. The lowest BCUT2D eigenvalue weighted by atomic mass is 10.1. The summed E-state index contributed by atoms with van der Waals surface area (Å²) in [5.41, 5.74) is -1.35. The summed E-state index contributed by atoms with van der Waals surface area (Å²) < 4.78 is 30.8. The molecule has 4 aliphatic rings. The van der Waals surface area contributed by atoms with Gasteiger partial charge in [0, 0.05) is 18.4 Å².